The molecule has 5 heterocycles. The highest BCUT2D eigenvalue weighted by Crippen LogP contribution is 2.39. The van der Waals surface area contributed by atoms with Crippen LogP contribution in [0.4, 0.5) is 28.5 Å². The highest BCUT2D eigenvalue weighted by molar-refractivity contribution is 7.22. The maximum Gasteiger partial charge on any atom is 0.318 e. The van der Waals surface area contributed by atoms with Gasteiger partial charge in [-0.15, -0.1) is 11.3 Å². The van der Waals surface area contributed by atoms with Gasteiger partial charge < -0.3 is 20.3 Å². The molecule has 0 radical (unpaired) electrons. The zero-order valence-corrected chi connectivity index (χ0v) is 23.6. The molecule has 2 N–H and O–H groups in total. The molecule has 16 heteroatoms. The number of hydrogen-bond acceptors (Lipinski definition) is 11. The molecule has 0 spiro atoms. The number of ether oxygens (including phenoxy) is 1. The molecular weight excluding hydrogens is 596 g/mol. The molecule has 42 heavy (non-hydrogen) atoms. The summed E-state index contributed by atoms with van der Waals surface area (Å²) in [5.41, 5.74) is 4.54. The minimum absolute atomic E-state index is 0.0208. The molecule has 216 valence electrons. The number of hydrogen-bond donors (Lipinski definition) is 1. The number of thiazole rings is 2. The molecule has 1 atom stereocenters. The number of likely N-dealkylation sites (N-methyl/N-ethyl adjacent to an activating group) is 1. The van der Waals surface area contributed by atoms with Crippen LogP contribution in [0, 0.1) is 17.5 Å². The van der Waals surface area contributed by atoms with Crippen LogP contribution in [0.2, 0.25) is 0 Å². The van der Waals surface area contributed by atoms with E-state index in [1.165, 1.54) is 35.7 Å². The summed E-state index contributed by atoms with van der Waals surface area (Å²) in [7, 11) is 2.99. The minimum Gasteiger partial charge on any atom is -0.467 e. The maximum absolute atomic E-state index is 16.1. The second-order valence-corrected chi connectivity index (χ2v) is 11.3. The van der Waals surface area contributed by atoms with Crippen molar-refractivity contribution < 1.29 is 27.1 Å². The van der Waals surface area contributed by atoms with E-state index in [9.17, 15) is 13.6 Å². The number of carbonyl (C=O) groups excluding carboxylic acids is 1. The Morgan fingerprint density at radius 3 is 2.74 bits per heavy atom. The second-order valence-electron chi connectivity index (χ2n) is 9.33. The zero-order chi connectivity index (χ0) is 29.7. The summed E-state index contributed by atoms with van der Waals surface area (Å²) in [5.74, 6) is -4.41. The number of pyridine rings is 1. The number of halogens is 4. The van der Waals surface area contributed by atoms with Gasteiger partial charge >= 0.3 is 6.01 Å². The number of benzene rings is 1. The summed E-state index contributed by atoms with van der Waals surface area (Å²) < 4.78 is 65.3. The van der Waals surface area contributed by atoms with Crippen molar-refractivity contribution in [1.29, 1.82) is 0 Å². The molecule has 1 fully saturated rings. The fourth-order valence-electron chi connectivity index (χ4n) is 4.85. The number of methoxy groups -OCH3 is 1. The fraction of sp³-hybridized carbons (Fsp3) is 0.231. The topological polar surface area (TPSA) is 123 Å². The average Bonchev–Trinajstić information content (AvgIpc) is 3.74. The first kappa shape index (κ1) is 27.7. The summed E-state index contributed by atoms with van der Waals surface area (Å²) in [5, 5.41) is 2.21. The lowest BCUT2D eigenvalue weighted by Gasteiger charge is -2.27. The SMILES string of the molecule is COc1nc(N(C)C2CCN(C(=O)/C(F)=C/c3nccs3)C2)c2cnc(-c3c(F)cc(F)c4sc(N)nc34)c(F)c2n1. The first-order valence-electron chi connectivity index (χ1n) is 12.4. The van der Waals surface area contributed by atoms with Crippen molar-refractivity contribution in [1.82, 2.24) is 29.8 Å². The molecule has 1 amide bonds. The Balaban J connectivity index is 1.36. The van der Waals surface area contributed by atoms with Gasteiger partial charge in [0.1, 0.15) is 33.7 Å². The summed E-state index contributed by atoms with van der Waals surface area (Å²) in [6, 6.07) is 0.133. The van der Waals surface area contributed by atoms with Gasteiger partial charge in [-0.05, 0) is 6.42 Å². The van der Waals surface area contributed by atoms with Gasteiger partial charge in [-0.25, -0.2) is 27.5 Å². The average molecular weight is 617 g/mol. The van der Waals surface area contributed by atoms with Crippen molar-refractivity contribution >= 4 is 66.7 Å². The summed E-state index contributed by atoms with van der Waals surface area (Å²) in [6.45, 7) is 0.445. The van der Waals surface area contributed by atoms with Crippen LogP contribution in [0.15, 0.2) is 29.7 Å². The molecule has 1 unspecified atom stereocenters. The standard InChI is InChI=1S/C26H20F4N8O2S2/c1-37(11-3-5-38(10-11)24(39)15(29)8-16-32-4-6-41-16)23-12-9-33-20(18(30)19(12)35-26(36-23)40-2)17-13(27)7-14(28)22-21(17)34-25(31)42-22/h4,6-9,11H,3,5,10H2,1-2H3,(H2,31,34)/b15-8-. The Bertz CT molecular complexity index is 1880. The van der Waals surface area contributed by atoms with Crippen LogP contribution >= 0.6 is 22.7 Å². The van der Waals surface area contributed by atoms with Crippen LogP contribution in [0.5, 0.6) is 6.01 Å². The van der Waals surface area contributed by atoms with Crippen LogP contribution in [-0.4, -0.2) is 69.0 Å². The van der Waals surface area contributed by atoms with Gasteiger partial charge in [0.25, 0.3) is 5.91 Å². The van der Waals surface area contributed by atoms with Gasteiger partial charge in [0.15, 0.2) is 16.8 Å². The Kier molecular flexibility index (Phi) is 7.10. The Morgan fingerprint density at radius 2 is 2.00 bits per heavy atom. The van der Waals surface area contributed by atoms with Crippen LogP contribution in [0.1, 0.15) is 11.4 Å². The third kappa shape index (κ3) is 4.75. The molecule has 10 nitrogen and oxygen atoms in total. The smallest absolute Gasteiger partial charge is 0.318 e. The van der Waals surface area contributed by atoms with Crippen molar-refractivity contribution in [2.24, 2.45) is 0 Å². The zero-order valence-electron chi connectivity index (χ0n) is 21.9. The molecular formula is C26H20F4N8O2S2. The van der Waals surface area contributed by atoms with Crippen molar-refractivity contribution in [3.05, 3.63) is 52.1 Å². The van der Waals surface area contributed by atoms with E-state index in [0.717, 1.165) is 17.4 Å². The van der Waals surface area contributed by atoms with Gasteiger partial charge in [0, 0.05) is 56.1 Å². The quantitative estimate of drug-likeness (QED) is 0.211. The molecule has 0 bridgehead atoms. The van der Waals surface area contributed by atoms with E-state index in [4.69, 9.17) is 10.5 Å². The van der Waals surface area contributed by atoms with Gasteiger partial charge in [0.2, 0.25) is 0 Å². The minimum atomic E-state index is -1.07. The van der Waals surface area contributed by atoms with Crippen LogP contribution < -0.4 is 15.4 Å². The third-order valence-electron chi connectivity index (χ3n) is 6.89. The normalized spacial score (nSPS) is 15.6. The van der Waals surface area contributed by atoms with E-state index < -0.39 is 34.9 Å². The summed E-state index contributed by atoms with van der Waals surface area (Å²) in [4.78, 5) is 36.5. The molecule has 0 aliphatic carbocycles. The second kappa shape index (κ2) is 10.8. The monoisotopic (exact) mass is 616 g/mol. The fourth-order valence-corrected chi connectivity index (χ4v) is 6.16. The van der Waals surface area contributed by atoms with Crippen molar-refractivity contribution in [2.75, 3.05) is 37.9 Å². The van der Waals surface area contributed by atoms with E-state index in [2.05, 4.69) is 24.9 Å². The van der Waals surface area contributed by atoms with Crippen molar-refractivity contribution in [3.8, 4) is 17.3 Å². The Hall–Kier alpha value is -4.44. The predicted molar refractivity (Wildman–Crippen MR) is 151 cm³/mol. The van der Waals surface area contributed by atoms with Gasteiger partial charge in [-0.1, -0.05) is 11.3 Å². The van der Waals surface area contributed by atoms with Gasteiger partial charge in [0.05, 0.1) is 28.3 Å². The molecule has 1 aliphatic rings. The molecule has 6 rings (SSSR count). The van der Waals surface area contributed by atoms with E-state index in [1.807, 2.05) is 0 Å². The molecule has 1 aromatic carbocycles. The van der Waals surface area contributed by atoms with E-state index in [-0.39, 0.29) is 62.8 Å². The highest BCUT2D eigenvalue weighted by Gasteiger charge is 2.33. The first-order chi connectivity index (χ1) is 20.2. The largest absolute Gasteiger partial charge is 0.467 e. The number of nitrogens with zero attached hydrogens (tertiary/aromatic N) is 7. The molecule has 1 aliphatic heterocycles. The van der Waals surface area contributed by atoms with E-state index in [1.54, 1.807) is 17.3 Å². The first-order valence-corrected chi connectivity index (χ1v) is 14.1. The number of likely N-dealkylation sites (tertiary alicyclic amines) is 1. The molecule has 4 aromatic heterocycles. The lowest BCUT2D eigenvalue weighted by atomic mass is 10.1. The van der Waals surface area contributed by atoms with Crippen LogP contribution in [0.3, 0.4) is 0 Å². The molecule has 0 saturated carbocycles. The molecule has 5 aromatic rings. The number of amides is 1. The number of anilines is 2. The van der Waals surface area contributed by atoms with E-state index >= 15 is 8.78 Å². The number of nitrogens with two attached hydrogens (primary N) is 1. The van der Waals surface area contributed by atoms with Crippen molar-refractivity contribution in [2.45, 2.75) is 12.5 Å². The molecule has 1 saturated heterocycles. The number of aromatic nitrogens is 5. The number of rotatable bonds is 6. The van der Waals surface area contributed by atoms with E-state index in [0.29, 0.717) is 17.5 Å². The number of nitrogen functional groups attached to an aromatic ring is 1. The summed E-state index contributed by atoms with van der Waals surface area (Å²) in [6.07, 6.45) is 4.36. The number of fused-ring (bicyclic) bond motifs is 2. The highest BCUT2D eigenvalue weighted by atomic mass is 32.1. The number of carbonyl (C=O) groups is 1. The van der Waals surface area contributed by atoms with Crippen LogP contribution in [0.25, 0.3) is 38.5 Å². The van der Waals surface area contributed by atoms with Gasteiger partial charge in [-0.2, -0.15) is 9.97 Å². The van der Waals surface area contributed by atoms with Crippen molar-refractivity contribution in [3.63, 3.8) is 0 Å². The summed E-state index contributed by atoms with van der Waals surface area (Å²) >= 11 is 2.01. The van der Waals surface area contributed by atoms with Crippen LogP contribution in [-0.2, 0) is 4.79 Å². The van der Waals surface area contributed by atoms with Gasteiger partial charge in [-0.3, -0.25) is 9.78 Å². The Labute approximate surface area is 243 Å². The third-order valence-corrected chi connectivity index (χ3v) is 8.51. The Morgan fingerprint density at radius 1 is 1.19 bits per heavy atom. The predicted octanol–water partition coefficient (Wildman–Crippen LogP) is 4.81. The lowest BCUT2D eigenvalue weighted by molar-refractivity contribution is -0.127. The maximum atomic E-state index is 16.1. The lowest BCUT2D eigenvalue weighted by Crippen LogP contribution is -2.37.